The molecule has 0 spiro atoms. The first-order valence-corrected chi connectivity index (χ1v) is 8.21. The molecule has 5 nitrogen and oxygen atoms in total. The fourth-order valence-corrected chi connectivity index (χ4v) is 2.86. The van der Waals surface area contributed by atoms with Crippen molar-refractivity contribution in [3.8, 4) is 17.1 Å². The van der Waals surface area contributed by atoms with Crippen LogP contribution in [0.3, 0.4) is 0 Å². The van der Waals surface area contributed by atoms with E-state index in [2.05, 4.69) is 58.3 Å². The fourth-order valence-electron chi connectivity index (χ4n) is 2.86. The summed E-state index contributed by atoms with van der Waals surface area (Å²) >= 11 is 0. The highest BCUT2D eigenvalue weighted by Crippen LogP contribution is 2.20. The molecule has 2 aromatic heterocycles. The molecular formula is C20H19N5. The second-order valence-corrected chi connectivity index (χ2v) is 6.29. The second-order valence-electron chi connectivity index (χ2n) is 6.29. The van der Waals surface area contributed by atoms with E-state index < -0.39 is 0 Å². The van der Waals surface area contributed by atoms with E-state index in [0.29, 0.717) is 5.82 Å². The lowest BCUT2D eigenvalue weighted by atomic mass is 10.2. The van der Waals surface area contributed by atoms with Gasteiger partial charge in [0.1, 0.15) is 11.0 Å². The normalized spacial score (nSPS) is 11.3. The van der Waals surface area contributed by atoms with Crippen LogP contribution in [0, 0.1) is 0 Å². The summed E-state index contributed by atoms with van der Waals surface area (Å²) in [6.07, 6.45) is 3.63. The maximum Gasteiger partial charge on any atom is 0.159 e. The summed E-state index contributed by atoms with van der Waals surface area (Å²) < 4.78 is 1.88. The van der Waals surface area contributed by atoms with E-state index in [0.717, 1.165) is 28.8 Å². The van der Waals surface area contributed by atoms with Crippen LogP contribution in [-0.2, 0) is 6.54 Å². The van der Waals surface area contributed by atoms with Crippen LogP contribution in [0.1, 0.15) is 5.56 Å². The Morgan fingerprint density at radius 2 is 1.68 bits per heavy atom. The Morgan fingerprint density at radius 1 is 0.920 bits per heavy atom. The second kappa shape index (κ2) is 6.45. The predicted octanol–water partition coefficient (Wildman–Crippen LogP) is 3.54. The number of benzene rings is 2. The van der Waals surface area contributed by atoms with Crippen molar-refractivity contribution in [2.45, 2.75) is 6.54 Å². The molecule has 5 heteroatoms. The monoisotopic (exact) mass is 329 g/mol. The van der Waals surface area contributed by atoms with Crippen LogP contribution in [0.15, 0.2) is 67.0 Å². The molecule has 0 aliphatic heterocycles. The van der Waals surface area contributed by atoms with E-state index in [9.17, 15) is 0 Å². The molecule has 0 aliphatic carbocycles. The zero-order valence-electron chi connectivity index (χ0n) is 14.3. The minimum absolute atomic E-state index is 0.717. The number of nitrogens with zero attached hydrogens (tertiary/aromatic N) is 5. The van der Waals surface area contributed by atoms with E-state index in [-0.39, 0.29) is 0 Å². The Kier molecular flexibility index (Phi) is 3.99. The van der Waals surface area contributed by atoms with Crippen molar-refractivity contribution >= 4 is 11.0 Å². The van der Waals surface area contributed by atoms with Gasteiger partial charge in [0.2, 0.25) is 0 Å². The van der Waals surface area contributed by atoms with Crippen molar-refractivity contribution in [1.29, 1.82) is 0 Å². The van der Waals surface area contributed by atoms with Crippen molar-refractivity contribution < 1.29 is 0 Å². The molecule has 2 aromatic carbocycles. The van der Waals surface area contributed by atoms with Gasteiger partial charge in [-0.3, -0.25) is 0 Å². The molecule has 0 N–H and O–H groups in total. The number of fused-ring (bicyclic) bond motifs is 1. The Labute approximate surface area is 146 Å². The first-order chi connectivity index (χ1) is 12.2. The van der Waals surface area contributed by atoms with Gasteiger partial charge in [-0.25, -0.2) is 14.6 Å². The minimum Gasteiger partial charge on any atom is -0.305 e. The first kappa shape index (κ1) is 15.5. The maximum absolute atomic E-state index is 4.65. The van der Waals surface area contributed by atoms with Crippen molar-refractivity contribution in [1.82, 2.24) is 24.6 Å². The lowest BCUT2D eigenvalue weighted by Gasteiger charge is -2.10. The zero-order chi connectivity index (χ0) is 17.2. The summed E-state index contributed by atoms with van der Waals surface area (Å²) in [6, 6.07) is 18.4. The zero-order valence-corrected chi connectivity index (χ0v) is 14.3. The molecule has 0 aliphatic rings. The van der Waals surface area contributed by atoms with Crippen LogP contribution in [0.5, 0.6) is 0 Å². The van der Waals surface area contributed by atoms with Gasteiger partial charge < -0.3 is 4.90 Å². The van der Waals surface area contributed by atoms with Crippen LogP contribution < -0.4 is 0 Å². The Balaban J connectivity index is 1.69. The number of hydrogen-bond acceptors (Lipinski definition) is 4. The average Bonchev–Trinajstić information content (AvgIpc) is 3.06. The standard InChI is InChI=1S/C20H19N5/c1-24(2)14-15-8-10-17(11-9-15)25-19-13-21-20(23-18(19)12-22-25)16-6-4-3-5-7-16/h3-13H,14H2,1-2H3. The molecule has 0 fully saturated rings. The summed E-state index contributed by atoms with van der Waals surface area (Å²) in [5.41, 5.74) is 5.03. The van der Waals surface area contributed by atoms with Crippen LogP contribution in [-0.4, -0.2) is 38.7 Å². The Hall–Kier alpha value is -3.05. The van der Waals surface area contributed by atoms with E-state index in [1.807, 2.05) is 41.2 Å². The van der Waals surface area contributed by atoms with Gasteiger partial charge >= 0.3 is 0 Å². The highest BCUT2D eigenvalue weighted by Gasteiger charge is 2.09. The molecule has 4 rings (SSSR count). The molecule has 4 aromatic rings. The van der Waals surface area contributed by atoms with Crippen molar-refractivity contribution in [3.63, 3.8) is 0 Å². The Morgan fingerprint density at radius 3 is 2.40 bits per heavy atom. The molecule has 0 atom stereocenters. The van der Waals surface area contributed by atoms with Gasteiger partial charge in [0.15, 0.2) is 5.82 Å². The quantitative estimate of drug-likeness (QED) is 0.574. The van der Waals surface area contributed by atoms with Crippen LogP contribution >= 0.6 is 0 Å². The van der Waals surface area contributed by atoms with Crippen LogP contribution in [0.2, 0.25) is 0 Å². The van der Waals surface area contributed by atoms with E-state index in [4.69, 9.17) is 0 Å². The molecule has 0 saturated heterocycles. The molecule has 25 heavy (non-hydrogen) atoms. The molecule has 0 saturated carbocycles. The molecule has 2 heterocycles. The first-order valence-electron chi connectivity index (χ1n) is 8.21. The van der Waals surface area contributed by atoms with E-state index in [1.54, 1.807) is 6.20 Å². The molecule has 0 radical (unpaired) electrons. The van der Waals surface area contributed by atoms with Gasteiger partial charge in [-0.1, -0.05) is 42.5 Å². The lowest BCUT2D eigenvalue weighted by molar-refractivity contribution is 0.402. The Bertz CT molecular complexity index is 988. The third kappa shape index (κ3) is 3.14. The highest BCUT2D eigenvalue weighted by molar-refractivity contribution is 5.77. The lowest BCUT2D eigenvalue weighted by Crippen LogP contribution is -2.10. The highest BCUT2D eigenvalue weighted by atomic mass is 15.3. The van der Waals surface area contributed by atoms with Gasteiger partial charge in [0.05, 0.1) is 18.1 Å². The summed E-state index contributed by atoms with van der Waals surface area (Å²) in [4.78, 5) is 11.3. The molecule has 0 amide bonds. The van der Waals surface area contributed by atoms with Crippen molar-refractivity contribution in [3.05, 3.63) is 72.6 Å². The average molecular weight is 329 g/mol. The van der Waals surface area contributed by atoms with E-state index in [1.165, 1.54) is 5.56 Å². The van der Waals surface area contributed by atoms with Gasteiger partial charge in [-0.2, -0.15) is 5.10 Å². The van der Waals surface area contributed by atoms with Crippen LogP contribution in [0.25, 0.3) is 28.1 Å². The summed E-state index contributed by atoms with van der Waals surface area (Å²) in [5.74, 6) is 0.717. The van der Waals surface area contributed by atoms with Crippen molar-refractivity contribution in [2.24, 2.45) is 0 Å². The number of aromatic nitrogens is 4. The third-order valence-corrected chi connectivity index (χ3v) is 4.03. The topological polar surface area (TPSA) is 46.8 Å². The van der Waals surface area contributed by atoms with Gasteiger partial charge in [0, 0.05) is 12.1 Å². The number of hydrogen-bond donors (Lipinski definition) is 0. The number of rotatable bonds is 4. The smallest absolute Gasteiger partial charge is 0.159 e. The predicted molar refractivity (Wildman–Crippen MR) is 99.5 cm³/mol. The van der Waals surface area contributed by atoms with Gasteiger partial charge in [-0.05, 0) is 31.8 Å². The van der Waals surface area contributed by atoms with Gasteiger partial charge in [-0.15, -0.1) is 0 Å². The third-order valence-electron chi connectivity index (χ3n) is 4.03. The fraction of sp³-hybridized carbons (Fsp3) is 0.150. The van der Waals surface area contributed by atoms with E-state index >= 15 is 0 Å². The van der Waals surface area contributed by atoms with Crippen molar-refractivity contribution in [2.75, 3.05) is 14.1 Å². The summed E-state index contributed by atoms with van der Waals surface area (Å²) in [7, 11) is 4.13. The maximum atomic E-state index is 4.65. The van der Waals surface area contributed by atoms with Crippen LogP contribution in [0.4, 0.5) is 0 Å². The molecular weight excluding hydrogens is 310 g/mol. The summed E-state index contributed by atoms with van der Waals surface area (Å²) in [6.45, 7) is 0.920. The molecule has 0 bridgehead atoms. The molecule has 124 valence electrons. The minimum atomic E-state index is 0.717. The summed E-state index contributed by atoms with van der Waals surface area (Å²) in [5, 5.41) is 4.49. The van der Waals surface area contributed by atoms with Gasteiger partial charge in [0.25, 0.3) is 0 Å². The SMILES string of the molecule is CN(C)Cc1ccc(-n2ncc3nc(-c4ccccc4)ncc32)cc1. The molecule has 0 unspecified atom stereocenters. The largest absolute Gasteiger partial charge is 0.305 e.